The van der Waals surface area contributed by atoms with Gasteiger partial charge < -0.3 is 5.32 Å². The van der Waals surface area contributed by atoms with Crippen LogP contribution in [0.25, 0.3) is 0 Å². The number of allylic oxidation sites excluding steroid dienone is 1. The molecule has 0 fully saturated rings. The minimum atomic E-state index is 0.838. The van der Waals surface area contributed by atoms with Gasteiger partial charge in [-0.15, -0.1) is 0 Å². The predicted molar refractivity (Wildman–Crippen MR) is 45.8 cm³/mol. The molecule has 0 aromatic carbocycles. The van der Waals surface area contributed by atoms with Crippen LogP contribution >= 0.6 is 15.9 Å². The summed E-state index contributed by atoms with van der Waals surface area (Å²) in [5.41, 5.74) is 0. The van der Waals surface area contributed by atoms with E-state index in [-0.39, 0.29) is 0 Å². The normalized spacial score (nSPS) is 10.4. The summed E-state index contributed by atoms with van der Waals surface area (Å²) < 4.78 is 0.993. The van der Waals surface area contributed by atoms with Crippen molar-refractivity contribution in [2.75, 3.05) is 13.1 Å². The highest BCUT2D eigenvalue weighted by atomic mass is 79.9. The Morgan fingerprint density at radius 1 is 1.78 bits per heavy atom. The van der Waals surface area contributed by atoms with E-state index in [1.54, 1.807) is 0 Å². The molecule has 0 aromatic heterocycles. The Labute approximate surface area is 65.0 Å². The van der Waals surface area contributed by atoms with Crippen molar-refractivity contribution in [3.63, 3.8) is 0 Å². The fourth-order valence-corrected chi connectivity index (χ4v) is 0.607. The van der Waals surface area contributed by atoms with Crippen molar-refractivity contribution in [1.82, 2.24) is 5.32 Å². The molecule has 0 saturated heterocycles. The molecule has 1 N–H and O–H groups in total. The first-order valence-electron chi connectivity index (χ1n) is 2.92. The fraction of sp³-hybridized carbons (Fsp3) is 0.429. The Kier molecular flexibility index (Phi) is 5.99. The second kappa shape index (κ2) is 6.05. The van der Waals surface area contributed by atoms with Crippen molar-refractivity contribution in [2.45, 2.75) is 6.92 Å². The summed E-state index contributed by atoms with van der Waals surface area (Å²) in [5.74, 6) is 0. The van der Waals surface area contributed by atoms with Crippen LogP contribution in [0.1, 0.15) is 6.92 Å². The van der Waals surface area contributed by atoms with Gasteiger partial charge in [-0.2, -0.15) is 0 Å². The molecule has 0 rings (SSSR count). The molecule has 52 valence electrons. The van der Waals surface area contributed by atoms with Gasteiger partial charge in [-0.05, 0) is 6.92 Å². The Balaban J connectivity index is 3.01. The summed E-state index contributed by atoms with van der Waals surface area (Å²) in [7, 11) is 0. The summed E-state index contributed by atoms with van der Waals surface area (Å²) in [6.45, 7) is 7.44. The second-order valence-electron chi connectivity index (χ2n) is 1.72. The van der Waals surface area contributed by atoms with Crippen LogP contribution < -0.4 is 5.32 Å². The van der Waals surface area contributed by atoms with Crippen molar-refractivity contribution in [1.29, 1.82) is 0 Å². The first-order valence-corrected chi connectivity index (χ1v) is 3.72. The van der Waals surface area contributed by atoms with E-state index in [1.807, 2.05) is 13.0 Å². The second-order valence-corrected chi connectivity index (χ2v) is 2.84. The first-order chi connectivity index (χ1) is 4.27. The molecular weight excluding hydrogens is 178 g/mol. The van der Waals surface area contributed by atoms with Gasteiger partial charge in [0.05, 0.1) is 0 Å². The van der Waals surface area contributed by atoms with Crippen molar-refractivity contribution < 1.29 is 0 Å². The van der Waals surface area contributed by atoms with Crippen LogP contribution in [0.4, 0.5) is 0 Å². The molecule has 0 bridgehead atoms. The number of hydrogen-bond acceptors (Lipinski definition) is 1. The Morgan fingerprint density at radius 3 is 2.89 bits per heavy atom. The first kappa shape index (κ1) is 8.92. The topological polar surface area (TPSA) is 12.0 Å². The SMILES string of the molecule is C=C(Br)CNC/C=C/C. The average Bonchev–Trinajstić information content (AvgIpc) is 1.80. The maximum Gasteiger partial charge on any atom is 0.0268 e. The highest BCUT2D eigenvalue weighted by molar-refractivity contribution is 9.11. The van der Waals surface area contributed by atoms with Gasteiger partial charge in [0.15, 0.2) is 0 Å². The monoisotopic (exact) mass is 189 g/mol. The maximum atomic E-state index is 3.68. The molecule has 0 aliphatic rings. The molecule has 0 amide bonds. The highest BCUT2D eigenvalue weighted by Gasteiger charge is 1.82. The molecule has 0 spiro atoms. The van der Waals surface area contributed by atoms with Gasteiger partial charge >= 0.3 is 0 Å². The zero-order chi connectivity index (χ0) is 7.11. The summed E-state index contributed by atoms with van der Waals surface area (Å²) in [5, 5.41) is 3.15. The lowest BCUT2D eigenvalue weighted by Gasteiger charge is -1.96. The van der Waals surface area contributed by atoms with Gasteiger partial charge in [-0.25, -0.2) is 0 Å². The van der Waals surface area contributed by atoms with Crippen LogP contribution in [0, 0.1) is 0 Å². The third kappa shape index (κ3) is 7.92. The van der Waals surface area contributed by atoms with Crippen LogP contribution in [0.5, 0.6) is 0 Å². The maximum absolute atomic E-state index is 3.68. The summed E-state index contributed by atoms with van der Waals surface area (Å²) in [6, 6.07) is 0. The van der Waals surface area contributed by atoms with E-state index in [4.69, 9.17) is 0 Å². The Morgan fingerprint density at radius 2 is 2.44 bits per heavy atom. The van der Waals surface area contributed by atoms with Gasteiger partial charge in [0, 0.05) is 17.6 Å². The van der Waals surface area contributed by atoms with Gasteiger partial charge in [-0.3, -0.25) is 0 Å². The molecule has 0 saturated carbocycles. The average molecular weight is 190 g/mol. The minimum absolute atomic E-state index is 0.838. The standard InChI is InChI=1S/C7H12BrN/c1-3-4-5-9-6-7(2)8/h3-4,9H,2,5-6H2,1H3/b4-3+. The number of hydrogen-bond donors (Lipinski definition) is 1. The lowest BCUT2D eigenvalue weighted by molar-refractivity contribution is 0.839. The fourth-order valence-electron chi connectivity index (χ4n) is 0.409. The van der Waals surface area contributed by atoms with E-state index in [0.29, 0.717) is 0 Å². The van der Waals surface area contributed by atoms with Crippen molar-refractivity contribution in [2.24, 2.45) is 0 Å². The molecule has 0 unspecified atom stereocenters. The number of nitrogens with one attached hydrogen (secondary N) is 1. The Hall–Kier alpha value is -0.0800. The third-order valence-corrected chi connectivity index (χ3v) is 1.10. The van der Waals surface area contributed by atoms with E-state index in [1.165, 1.54) is 0 Å². The molecular formula is C7H12BrN. The molecule has 0 aromatic rings. The summed E-state index contributed by atoms with van der Waals surface area (Å²) >= 11 is 3.25. The molecule has 0 heterocycles. The molecule has 2 heteroatoms. The number of rotatable bonds is 4. The molecule has 1 nitrogen and oxygen atoms in total. The zero-order valence-electron chi connectivity index (χ0n) is 5.65. The molecule has 0 aliphatic heterocycles. The lowest BCUT2D eigenvalue weighted by Crippen LogP contribution is -2.14. The molecule has 0 atom stereocenters. The predicted octanol–water partition coefficient (Wildman–Crippen LogP) is 2.06. The van der Waals surface area contributed by atoms with E-state index < -0.39 is 0 Å². The van der Waals surface area contributed by atoms with Crippen molar-refractivity contribution >= 4 is 15.9 Å². The van der Waals surface area contributed by atoms with E-state index in [9.17, 15) is 0 Å². The molecule has 9 heavy (non-hydrogen) atoms. The minimum Gasteiger partial charge on any atom is -0.309 e. The lowest BCUT2D eigenvalue weighted by atomic mass is 10.5. The van der Waals surface area contributed by atoms with Gasteiger partial charge in [0.25, 0.3) is 0 Å². The van der Waals surface area contributed by atoms with Crippen LogP contribution in [0.3, 0.4) is 0 Å². The molecule has 0 radical (unpaired) electrons. The van der Waals surface area contributed by atoms with E-state index in [0.717, 1.165) is 17.6 Å². The van der Waals surface area contributed by atoms with Crippen LogP contribution in [0.15, 0.2) is 23.2 Å². The van der Waals surface area contributed by atoms with E-state index >= 15 is 0 Å². The zero-order valence-corrected chi connectivity index (χ0v) is 7.24. The van der Waals surface area contributed by atoms with Gasteiger partial charge in [0.1, 0.15) is 0 Å². The van der Waals surface area contributed by atoms with Gasteiger partial charge in [0.2, 0.25) is 0 Å². The van der Waals surface area contributed by atoms with Crippen LogP contribution in [-0.2, 0) is 0 Å². The Bertz CT molecular complexity index is 107. The quantitative estimate of drug-likeness (QED) is 0.528. The van der Waals surface area contributed by atoms with Crippen LogP contribution in [0.2, 0.25) is 0 Å². The molecule has 0 aliphatic carbocycles. The van der Waals surface area contributed by atoms with Crippen molar-refractivity contribution in [3.8, 4) is 0 Å². The largest absolute Gasteiger partial charge is 0.309 e. The smallest absolute Gasteiger partial charge is 0.0268 e. The van der Waals surface area contributed by atoms with E-state index in [2.05, 4.69) is 33.9 Å². The van der Waals surface area contributed by atoms with Gasteiger partial charge in [-0.1, -0.05) is 34.7 Å². The number of halogens is 1. The highest BCUT2D eigenvalue weighted by Crippen LogP contribution is 1.95. The summed E-state index contributed by atoms with van der Waals surface area (Å²) in [4.78, 5) is 0. The van der Waals surface area contributed by atoms with Crippen LogP contribution in [-0.4, -0.2) is 13.1 Å². The summed E-state index contributed by atoms with van der Waals surface area (Å²) in [6.07, 6.45) is 4.08. The van der Waals surface area contributed by atoms with Crippen molar-refractivity contribution in [3.05, 3.63) is 23.2 Å². The third-order valence-electron chi connectivity index (χ3n) is 0.815.